The zero-order valence-electron chi connectivity index (χ0n) is 16.7. The summed E-state index contributed by atoms with van der Waals surface area (Å²) in [6, 6.07) is 13.0. The molecular formula is C22H24N4O4. The van der Waals surface area contributed by atoms with Crippen LogP contribution in [0.15, 0.2) is 56.5 Å². The van der Waals surface area contributed by atoms with Crippen molar-refractivity contribution in [3.63, 3.8) is 0 Å². The summed E-state index contributed by atoms with van der Waals surface area (Å²) in [5, 5.41) is 2.65. The molecule has 2 aromatic heterocycles. The Balaban J connectivity index is 1.58. The molecule has 8 nitrogen and oxygen atoms in total. The molecule has 1 amide bonds. The predicted molar refractivity (Wildman–Crippen MR) is 113 cm³/mol. The summed E-state index contributed by atoms with van der Waals surface area (Å²) in [6.45, 7) is 1.90. The van der Waals surface area contributed by atoms with Gasteiger partial charge < -0.3 is 20.5 Å². The van der Waals surface area contributed by atoms with Crippen LogP contribution in [0, 0.1) is 6.92 Å². The standard InChI is InChI=1S/C22H24N4O4/c1-14-12-16(9-5-8-15-6-3-2-4-7-15)30-22(29)20(14)21(28)24-11-10-18-25-17(23)13-19(27)26-18/h2-4,6-7,12-13H,5,8-11H2,1H3,(H,24,28)(H3,23,25,26,27). The van der Waals surface area contributed by atoms with Gasteiger partial charge in [0.2, 0.25) is 0 Å². The number of nitrogens with zero attached hydrogens (tertiary/aromatic N) is 1. The van der Waals surface area contributed by atoms with E-state index in [4.69, 9.17) is 10.2 Å². The molecule has 0 spiro atoms. The fraction of sp³-hybridized carbons (Fsp3) is 0.273. The molecule has 1 aromatic carbocycles. The largest absolute Gasteiger partial charge is 0.427 e. The number of hydrogen-bond donors (Lipinski definition) is 3. The number of H-pyrrole nitrogens is 1. The van der Waals surface area contributed by atoms with E-state index in [0.717, 1.165) is 12.8 Å². The third-order valence-corrected chi connectivity index (χ3v) is 4.62. The highest BCUT2D eigenvalue weighted by Crippen LogP contribution is 2.11. The van der Waals surface area contributed by atoms with E-state index in [1.807, 2.05) is 18.2 Å². The normalized spacial score (nSPS) is 10.7. The third kappa shape index (κ3) is 5.66. The SMILES string of the molecule is Cc1cc(CCCc2ccccc2)oc(=O)c1C(=O)NCCc1nc(N)cc(=O)[nH]1. The molecule has 3 rings (SSSR count). The van der Waals surface area contributed by atoms with Crippen LogP contribution < -0.4 is 22.2 Å². The summed E-state index contributed by atoms with van der Waals surface area (Å²) in [5.74, 6) is 0.507. The minimum absolute atomic E-state index is 0.0177. The Hall–Kier alpha value is -3.68. The molecule has 0 aliphatic carbocycles. The van der Waals surface area contributed by atoms with E-state index in [1.165, 1.54) is 11.6 Å². The van der Waals surface area contributed by atoms with Crippen LogP contribution >= 0.6 is 0 Å². The molecule has 0 aliphatic rings. The molecule has 0 bridgehead atoms. The first-order chi connectivity index (χ1) is 14.4. The molecule has 3 aromatic rings. The molecule has 0 saturated carbocycles. The highest BCUT2D eigenvalue weighted by atomic mass is 16.4. The molecule has 30 heavy (non-hydrogen) atoms. The van der Waals surface area contributed by atoms with Crippen LogP contribution in [0.3, 0.4) is 0 Å². The first kappa shape index (κ1) is 21.0. The van der Waals surface area contributed by atoms with Crippen LogP contribution in [-0.2, 0) is 19.3 Å². The summed E-state index contributed by atoms with van der Waals surface area (Å²) in [5.41, 5.74) is 6.29. The van der Waals surface area contributed by atoms with Crippen molar-refractivity contribution in [2.45, 2.75) is 32.6 Å². The predicted octanol–water partition coefficient (Wildman–Crippen LogP) is 1.76. The summed E-state index contributed by atoms with van der Waals surface area (Å²) in [4.78, 5) is 42.7. The van der Waals surface area contributed by atoms with Gasteiger partial charge in [-0.3, -0.25) is 9.59 Å². The number of nitrogens with two attached hydrogens (primary N) is 1. The smallest absolute Gasteiger partial charge is 0.349 e. The lowest BCUT2D eigenvalue weighted by molar-refractivity contribution is 0.0949. The molecule has 0 radical (unpaired) electrons. The highest BCUT2D eigenvalue weighted by Gasteiger charge is 2.16. The topological polar surface area (TPSA) is 131 Å². The second-order valence-corrected chi connectivity index (χ2v) is 7.02. The summed E-state index contributed by atoms with van der Waals surface area (Å²) < 4.78 is 5.35. The maximum Gasteiger partial charge on any atom is 0.349 e. The van der Waals surface area contributed by atoms with Gasteiger partial charge in [0, 0.05) is 25.5 Å². The van der Waals surface area contributed by atoms with Gasteiger partial charge in [-0.1, -0.05) is 30.3 Å². The van der Waals surface area contributed by atoms with Crippen LogP contribution in [0.2, 0.25) is 0 Å². The lowest BCUT2D eigenvalue weighted by Gasteiger charge is -2.08. The van der Waals surface area contributed by atoms with E-state index >= 15 is 0 Å². The van der Waals surface area contributed by atoms with E-state index in [0.29, 0.717) is 23.6 Å². The molecule has 156 valence electrons. The number of hydrogen-bond acceptors (Lipinski definition) is 6. The first-order valence-corrected chi connectivity index (χ1v) is 9.74. The number of carbonyl (C=O) groups is 1. The molecule has 0 atom stereocenters. The van der Waals surface area contributed by atoms with Crippen LogP contribution in [0.5, 0.6) is 0 Å². The van der Waals surface area contributed by atoms with Crippen LogP contribution in [0.4, 0.5) is 5.82 Å². The minimum atomic E-state index is -0.655. The van der Waals surface area contributed by atoms with Gasteiger partial charge in [-0.05, 0) is 37.0 Å². The Morgan fingerprint density at radius 2 is 1.90 bits per heavy atom. The average Bonchev–Trinajstić information content (AvgIpc) is 2.67. The number of aromatic amines is 1. The number of nitrogen functional groups attached to an aromatic ring is 1. The van der Waals surface area contributed by atoms with Crippen molar-refractivity contribution < 1.29 is 9.21 Å². The molecule has 0 saturated heterocycles. The molecule has 2 heterocycles. The van der Waals surface area contributed by atoms with E-state index in [1.54, 1.807) is 13.0 Å². The molecule has 0 unspecified atom stereocenters. The summed E-state index contributed by atoms with van der Waals surface area (Å²) in [7, 11) is 0. The van der Waals surface area contributed by atoms with Crippen molar-refractivity contribution in [2.24, 2.45) is 0 Å². The van der Waals surface area contributed by atoms with E-state index in [9.17, 15) is 14.4 Å². The van der Waals surface area contributed by atoms with Crippen molar-refractivity contribution in [1.82, 2.24) is 15.3 Å². The van der Waals surface area contributed by atoms with E-state index in [2.05, 4.69) is 27.4 Å². The Bertz CT molecular complexity index is 1140. The van der Waals surface area contributed by atoms with Gasteiger partial charge in [-0.15, -0.1) is 0 Å². The van der Waals surface area contributed by atoms with Crippen LogP contribution in [-0.4, -0.2) is 22.4 Å². The van der Waals surface area contributed by atoms with Gasteiger partial charge in [0.1, 0.15) is 23.0 Å². The number of anilines is 1. The van der Waals surface area contributed by atoms with Gasteiger partial charge >= 0.3 is 5.63 Å². The molecule has 8 heteroatoms. The molecule has 0 aliphatic heterocycles. The van der Waals surface area contributed by atoms with Crippen LogP contribution in [0.25, 0.3) is 0 Å². The number of aryl methyl sites for hydroxylation is 3. The lowest BCUT2D eigenvalue weighted by atomic mass is 10.1. The zero-order chi connectivity index (χ0) is 21.5. The van der Waals surface area contributed by atoms with Crippen molar-refractivity contribution >= 4 is 11.7 Å². The van der Waals surface area contributed by atoms with Gasteiger partial charge in [-0.25, -0.2) is 9.78 Å². The lowest BCUT2D eigenvalue weighted by Crippen LogP contribution is -2.31. The Labute approximate surface area is 173 Å². The number of amides is 1. The Morgan fingerprint density at radius 1 is 1.13 bits per heavy atom. The zero-order valence-corrected chi connectivity index (χ0v) is 16.7. The van der Waals surface area contributed by atoms with Gasteiger partial charge in [-0.2, -0.15) is 0 Å². The van der Waals surface area contributed by atoms with Gasteiger partial charge in [0.25, 0.3) is 11.5 Å². The van der Waals surface area contributed by atoms with E-state index in [-0.39, 0.29) is 29.9 Å². The fourth-order valence-electron chi connectivity index (χ4n) is 3.21. The van der Waals surface area contributed by atoms with Crippen LogP contribution in [0.1, 0.15) is 39.5 Å². The highest BCUT2D eigenvalue weighted by molar-refractivity contribution is 5.95. The second kappa shape index (κ2) is 9.69. The number of nitrogens with one attached hydrogen (secondary N) is 2. The Kier molecular flexibility index (Phi) is 6.79. The number of carbonyl (C=O) groups excluding carboxylic acids is 1. The maximum absolute atomic E-state index is 12.4. The maximum atomic E-state index is 12.4. The average molecular weight is 408 g/mol. The quantitative estimate of drug-likeness (QED) is 0.520. The van der Waals surface area contributed by atoms with Crippen molar-refractivity contribution in [3.8, 4) is 0 Å². The first-order valence-electron chi connectivity index (χ1n) is 9.74. The monoisotopic (exact) mass is 408 g/mol. The summed E-state index contributed by atoms with van der Waals surface area (Å²) >= 11 is 0. The van der Waals surface area contributed by atoms with Crippen molar-refractivity contribution in [3.05, 3.63) is 91.5 Å². The Morgan fingerprint density at radius 3 is 2.60 bits per heavy atom. The van der Waals surface area contributed by atoms with Crippen molar-refractivity contribution in [2.75, 3.05) is 12.3 Å². The fourth-order valence-corrected chi connectivity index (χ4v) is 3.21. The van der Waals surface area contributed by atoms with Gasteiger partial charge in [0.05, 0.1) is 0 Å². The summed E-state index contributed by atoms with van der Waals surface area (Å²) in [6.07, 6.45) is 2.60. The number of aromatic nitrogens is 2. The minimum Gasteiger partial charge on any atom is -0.427 e. The van der Waals surface area contributed by atoms with E-state index < -0.39 is 11.5 Å². The third-order valence-electron chi connectivity index (χ3n) is 4.62. The van der Waals surface area contributed by atoms with Gasteiger partial charge in [0.15, 0.2) is 0 Å². The van der Waals surface area contributed by atoms with Crippen molar-refractivity contribution in [1.29, 1.82) is 0 Å². The number of benzene rings is 1. The molecular weight excluding hydrogens is 384 g/mol. The molecule has 0 fully saturated rings. The molecule has 4 N–H and O–H groups in total. The number of rotatable bonds is 8. The second-order valence-electron chi connectivity index (χ2n) is 7.02.